The molecule has 3 rings (SSSR count). The third-order valence-electron chi connectivity index (χ3n) is 4.94. The number of carbonyl (C=O) groups is 3. The molecule has 166 valence electrons. The van der Waals surface area contributed by atoms with Gasteiger partial charge in [-0.15, -0.1) is 0 Å². The lowest BCUT2D eigenvalue weighted by atomic mass is 10.1. The average Bonchev–Trinajstić information content (AvgIpc) is 2.83. The first-order chi connectivity index (χ1) is 15.6. The van der Waals surface area contributed by atoms with Crippen molar-refractivity contribution in [2.75, 3.05) is 5.32 Å². The summed E-state index contributed by atoms with van der Waals surface area (Å²) in [6, 6.07) is 11.7. The molecular weight excluding hydrogens is 410 g/mol. The zero-order chi connectivity index (χ0) is 22.8. The van der Waals surface area contributed by atoms with Crippen LogP contribution in [0.5, 0.6) is 0 Å². The number of hydrogen-bond donors (Lipinski definition) is 4. The molecule has 0 bridgehead atoms. The summed E-state index contributed by atoms with van der Waals surface area (Å²) in [5.41, 5.74) is 3.38. The summed E-state index contributed by atoms with van der Waals surface area (Å²) < 4.78 is 0. The largest absolute Gasteiger partial charge is 0.340 e. The highest BCUT2D eigenvalue weighted by Crippen LogP contribution is 2.18. The molecule has 0 spiro atoms. The van der Waals surface area contributed by atoms with Crippen LogP contribution in [-0.4, -0.2) is 38.9 Å². The number of hydrogen-bond acceptors (Lipinski definition) is 6. The first-order valence-corrected chi connectivity index (χ1v) is 10.4. The Kier molecular flexibility index (Phi) is 8.22. The van der Waals surface area contributed by atoms with Crippen molar-refractivity contribution in [3.05, 3.63) is 66.6 Å². The fourth-order valence-electron chi connectivity index (χ4n) is 3.26. The first-order valence-electron chi connectivity index (χ1n) is 10.4. The summed E-state index contributed by atoms with van der Waals surface area (Å²) in [5, 5.41) is 15.1. The average molecular weight is 435 g/mol. The first kappa shape index (κ1) is 22.8. The smallest absolute Gasteiger partial charge is 0.253 e. The maximum Gasteiger partial charge on any atom is 0.253 e. The molecule has 0 saturated heterocycles. The maximum atomic E-state index is 13.0. The molecule has 2 aromatic heterocycles. The highest BCUT2D eigenvalue weighted by molar-refractivity contribution is 6.01. The van der Waals surface area contributed by atoms with E-state index in [-0.39, 0.29) is 18.2 Å². The number of unbranched alkanes of at least 4 members (excludes halogenated alkanes) is 2. The summed E-state index contributed by atoms with van der Waals surface area (Å²) in [7, 11) is 0. The van der Waals surface area contributed by atoms with Gasteiger partial charge in [0, 0.05) is 36.1 Å². The zero-order valence-electron chi connectivity index (χ0n) is 17.5. The van der Waals surface area contributed by atoms with E-state index in [1.54, 1.807) is 36.1 Å². The van der Waals surface area contributed by atoms with Crippen LogP contribution in [0.15, 0.2) is 61.1 Å². The van der Waals surface area contributed by atoms with Crippen molar-refractivity contribution in [1.29, 1.82) is 0 Å². The molecule has 32 heavy (non-hydrogen) atoms. The number of carbonyl (C=O) groups excluding carboxylic acids is 3. The second-order valence-corrected chi connectivity index (χ2v) is 7.30. The van der Waals surface area contributed by atoms with Gasteiger partial charge in [0.1, 0.15) is 6.04 Å². The van der Waals surface area contributed by atoms with Gasteiger partial charge in [0.05, 0.1) is 11.1 Å². The molecule has 3 amide bonds. The molecule has 0 aliphatic rings. The molecule has 0 unspecified atom stereocenters. The lowest BCUT2D eigenvalue weighted by Gasteiger charge is -2.19. The van der Waals surface area contributed by atoms with Crippen LogP contribution >= 0.6 is 0 Å². The Balaban J connectivity index is 1.65. The molecule has 3 aromatic rings. The molecule has 0 aliphatic heterocycles. The van der Waals surface area contributed by atoms with E-state index in [0.717, 1.165) is 10.9 Å². The van der Waals surface area contributed by atoms with Gasteiger partial charge in [-0.05, 0) is 49.2 Å². The Morgan fingerprint density at radius 1 is 1.00 bits per heavy atom. The topological polar surface area (TPSA) is 133 Å². The predicted molar refractivity (Wildman–Crippen MR) is 119 cm³/mol. The van der Waals surface area contributed by atoms with Crippen LogP contribution in [0.4, 0.5) is 5.69 Å². The molecule has 0 aliphatic carbocycles. The number of anilines is 1. The predicted octanol–water partition coefficient (Wildman–Crippen LogP) is 2.82. The van der Waals surface area contributed by atoms with Crippen LogP contribution in [0.2, 0.25) is 0 Å². The van der Waals surface area contributed by atoms with E-state index in [1.807, 2.05) is 24.3 Å². The number of nitrogens with one attached hydrogen (secondary N) is 3. The van der Waals surface area contributed by atoms with Crippen molar-refractivity contribution in [2.45, 2.75) is 38.1 Å². The van der Waals surface area contributed by atoms with Gasteiger partial charge in [0.25, 0.3) is 5.91 Å². The molecule has 9 heteroatoms. The fourth-order valence-corrected chi connectivity index (χ4v) is 3.26. The number of rotatable bonds is 10. The van der Waals surface area contributed by atoms with Gasteiger partial charge >= 0.3 is 0 Å². The van der Waals surface area contributed by atoms with E-state index >= 15 is 0 Å². The standard InChI is InChI=1S/C23H25N5O4/c29-21(28-32)9-3-1-2-8-20(27-22(30)17-7-4-12-24-15-17)23(31)26-18-10-11-19-16(14-18)6-5-13-25-19/h4-7,10-15,20,32H,1-3,8-9H2,(H,26,31)(H,27,30)(H,28,29)/t20-/m0/s1. The third-order valence-corrected chi connectivity index (χ3v) is 4.94. The van der Waals surface area contributed by atoms with Crippen LogP contribution < -0.4 is 16.1 Å². The Labute approximate surface area is 185 Å². The molecule has 0 saturated carbocycles. The van der Waals surface area contributed by atoms with E-state index in [0.29, 0.717) is 36.9 Å². The number of fused-ring (bicyclic) bond motifs is 1. The van der Waals surface area contributed by atoms with Gasteiger partial charge in [0.15, 0.2) is 0 Å². The van der Waals surface area contributed by atoms with Crippen molar-refractivity contribution in [2.24, 2.45) is 0 Å². The van der Waals surface area contributed by atoms with E-state index in [1.165, 1.54) is 6.20 Å². The highest BCUT2D eigenvalue weighted by atomic mass is 16.5. The second kappa shape index (κ2) is 11.5. The normalized spacial score (nSPS) is 11.5. The van der Waals surface area contributed by atoms with E-state index < -0.39 is 11.9 Å². The number of nitrogens with zero attached hydrogens (tertiary/aromatic N) is 2. The van der Waals surface area contributed by atoms with Gasteiger partial charge in [-0.25, -0.2) is 5.48 Å². The molecule has 0 radical (unpaired) electrons. The zero-order valence-corrected chi connectivity index (χ0v) is 17.5. The molecule has 1 aromatic carbocycles. The summed E-state index contributed by atoms with van der Waals surface area (Å²) >= 11 is 0. The Morgan fingerprint density at radius 2 is 1.84 bits per heavy atom. The lowest BCUT2D eigenvalue weighted by molar-refractivity contribution is -0.129. The highest BCUT2D eigenvalue weighted by Gasteiger charge is 2.21. The monoisotopic (exact) mass is 435 g/mol. The Bertz CT molecular complexity index is 1070. The summed E-state index contributed by atoms with van der Waals surface area (Å²) in [5.74, 6) is -1.17. The van der Waals surface area contributed by atoms with E-state index in [2.05, 4.69) is 20.6 Å². The number of amides is 3. The summed E-state index contributed by atoms with van der Waals surface area (Å²) in [6.45, 7) is 0. The van der Waals surface area contributed by atoms with Crippen molar-refractivity contribution in [3.63, 3.8) is 0 Å². The minimum absolute atomic E-state index is 0.195. The number of benzene rings is 1. The van der Waals surface area contributed by atoms with E-state index in [4.69, 9.17) is 5.21 Å². The van der Waals surface area contributed by atoms with Crippen LogP contribution in [0.1, 0.15) is 42.5 Å². The van der Waals surface area contributed by atoms with Crippen LogP contribution in [0.25, 0.3) is 10.9 Å². The fraction of sp³-hybridized carbons (Fsp3) is 0.261. The van der Waals surface area contributed by atoms with Crippen LogP contribution in [-0.2, 0) is 9.59 Å². The van der Waals surface area contributed by atoms with Gasteiger partial charge in [-0.1, -0.05) is 18.9 Å². The lowest BCUT2D eigenvalue weighted by Crippen LogP contribution is -2.43. The second-order valence-electron chi connectivity index (χ2n) is 7.30. The van der Waals surface area contributed by atoms with Crippen molar-refractivity contribution < 1.29 is 19.6 Å². The van der Waals surface area contributed by atoms with Gasteiger partial charge < -0.3 is 10.6 Å². The minimum Gasteiger partial charge on any atom is -0.340 e. The maximum absolute atomic E-state index is 13.0. The van der Waals surface area contributed by atoms with Crippen molar-refractivity contribution in [1.82, 2.24) is 20.8 Å². The Hall–Kier alpha value is -3.85. The Morgan fingerprint density at radius 3 is 2.62 bits per heavy atom. The molecular formula is C23H25N5O4. The van der Waals surface area contributed by atoms with Crippen LogP contribution in [0.3, 0.4) is 0 Å². The van der Waals surface area contributed by atoms with Gasteiger partial charge in [-0.3, -0.25) is 29.6 Å². The van der Waals surface area contributed by atoms with Crippen molar-refractivity contribution in [3.8, 4) is 0 Å². The van der Waals surface area contributed by atoms with Gasteiger partial charge in [0.2, 0.25) is 11.8 Å². The van der Waals surface area contributed by atoms with Crippen molar-refractivity contribution >= 4 is 34.3 Å². The minimum atomic E-state index is -0.765. The van der Waals surface area contributed by atoms with E-state index in [9.17, 15) is 14.4 Å². The SMILES string of the molecule is O=C(CCCCC[C@H](NC(=O)c1cccnc1)C(=O)Nc1ccc2ncccc2c1)NO. The third kappa shape index (κ3) is 6.58. The summed E-state index contributed by atoms with van der Waals surface area (Å²) in [4.78, 5) is 44.9. The number of pyridine rings is 2. The van der Waals surface area contributed by atoms with Crippen LogP contribution in [0, 0.1) is 0 Å². The number of aromatic nitrogens is 2. The number of hydroxylamine groups is 1. The molecule has 9 nitrogen and oxygen atoms in total. The molecule has 0 fully saturated rings. The van der Waals surface area contributed by atoms with Gasteiger partial charge in [-0.2, -0.15) is 0 Å². The molecule has 1 atom stereocenters. The quantitative estimate of drug-likeness (QED) is 0.220. The summed E-state index contributed by atoms with van der Waals surface area (Å²) in [6.07, 6.45) is 7.15. The molecule has 2 heterocycles. The molecule has 4 N–H and O–H groups in total.